The Morgan fingerprint density at radius 2 is 1.80 bits per heavy atom. The predicted octanol–water partition coefficient (Wildman–Crippen LogP) is 4.51. The highest BCUT2D eigenvalue weighted by Gasteiger charge is 2.16. The van der Waals surface area contributed by atoms with Gasteiger partial charge in [0.05, 0.1) is 6.10 Å². The highest BCUT2D eigenvalue weighted by atomic mass is 19.1. The van der Waals surface area contributed by atoms with E-state index < -0.39 is 0 Å². The highest BCUT2D eigenvalue weighted by molar-refractivity contribution is 5.89. The van der Waals surface area contributed by atoms with E-state index >= 15 is 0 Å². The van der Waals surface area contributed by atoms with Gasteiger partial charge in [0, 0.05) is 12.2 Å². The van der Waals surface area contributed by atoms with Crippen LogP contribution in [0.1, 0.15) is 31.2 Å². The lowest BCUT2D eigenvalue weighted by molar-refractivity contribution is 0.210. The number of halogens is 1. The molecule has 2 N–H and O–H groups in total. The smallest absolute Gasteiger partial charge is 0.319 e. The second kappa shape index (κ2) is 8.51. The first-order valence-corrected chi connectivity index (χ1v) is 8.76. The Balaban J connectivity index is 1.42. The lowest BCUT2D eigenvalue weighted by Crippen LogP contribution is -2.30. The molecule has 3 rings (SSSR count). The van der Waals surface area contributed by atoms with E-state index in [4.69, 9.17) is 4.74 Å². The lowest BCUT2D eigenvalue weighted by atomic mass is 10.1. The quantitative estimate of drug-likeness (QED) is 0.811. The van der Waals surface area contributed by atoms with Crippen molar-refractivity contribution < 1.29 is 13.9 Å². The topological polar surface area (TPSA) is 50.4 Å². The summed E-state index contributed by atoms with van der Waals surface area (Å²) in [4.78, 5) is 11.9. The molecule has 0 bridgehead atoms. The van der Waals surface area contributed by atoms with Crippen LogP contribution in [0, 0.1) is 5.82 Å². The van der Waals surface area contributed by atoms with Crippen molar-refractivity contribution in [1.82, 2.24) is 5.32 Å². The van der Waals surface area contributed by atoms with Crippen LogP contribution in [-0.2, 0) is 6.42 Å². The lowest BCUT2D eigenvalue weighted by Gasteiger charge is -2.13. The summed E-state index contributed by atoms with van der Waals surface area (Å²) in [6.07, 6.45) is 5.47. The molecule has 0 aliphatic heterocycles. The number of anilines is 1. The molecule has 1 aliphatic rings. The summed E-state index contributed by atoms with van der Waals surface area (Å²) < 4.78 is 19.4. The van der Waals surface area contributed by atoms with Crippen LogP contribution in [0.15, 0.2) is 48.5 Å². The van der Waals surface area contributed by atoms with Crippen LogP contribution in [0.3, 0.4) is 0 Å². The standard InChI is InChI=1S/C20H23FN2O2/c21-19-8-4-1-5-15(19)13-14-22-20(24)23-16-9-11-18(12-10-16)25-17-6-2-3-7-17/h1,4-5,8-12,17H,2-3,6-7,13-14H2,(H2,22,23,24). The van der Waals surface area contributed by atoms with Gasteiger partial charge >= 0.3 is 6.03 Å². The van der Waals surface area contributed by atoms with Gasteiger partial charge in [-0.2, -0.15) is 0 Å². The van der Waals surface area contributed by atoms with E-state index in [1.165, 1.54) is 18.9 Å². The summed E-state index contributed by atoms with van der Waals surface area (Å²) >= 11 is 0. The molecule has 4 nitrogen and oxygen atoms in total. The van der Waals surface area contributed by atoms with Gasteiger partial charge in [-0.3, -0.25) is 0 Å². The Kier molecular flexibility index (Phi) is 5.88. The van der Waals surface area contributed by atoms with Gasteiger partial charge in [0.2, 0.25) is 0 Å². The molecule has 0 unspecified atom stereocenters. The largest absolute Gasteiger partial charge is 0.490 e. The van der Waals surface area contributed by atoms with E-state index in [0.29, 0.717) is 30.3 Å². The average molecular weight is 342 g/mol. The maximum absolute atomic E-state index is 13.5. The van der Waals surface area contributed by atoms with E-state index in [2.05, 4.69) is 10.6 Å². The first-order valence-electron chi connectivity index (χ1n) is 8.76. The highest BCUT2D eigenvalue weighted by Crippen LogP contribution is 2.24. The number of ether oxygens (including phenoxy) is 1. The number of hydrogen-bond acceptors (Lipinski definition) is 2. The van der Waals surface area contributed by atoms with Crippen molar-refractivity contribution in [3.05, 3.63) is 59.9 Å². The molecule has 1 saturated carbocycles. The number of carbonyl (C=O) groups excluding carboxylic acids is 1. The molecular formula is C20H23FN2O2. The van der Waals surface area contributed by atoms with Gasteiger partial charge in [-0.25, -0.2) is 9.18 Å². The van der Waals surface area contributed by atoms with Crippen molar-refractivity contribution >= 4 is 11.7 Å². The van der Waals surface area contributed by atoms with Gasteiger partial charge in [0.1, 0.15) is 11.6 Å². The summed E-state index contributed by atoms with van der Waals surface area (Å²) in [6, 6.07) is 13.7. The van der Waals surface area contributed by atoms with Gasteiger partial charge in [0.25, 0.3) is 0 Å². The van der Waals surface area contributed by atoms with Crippen LogP contribution in [0.5, 0.6) is 5.75 Å². The molecule has 5 heteroatoms. The zero-order valence-corrected chi connectivity index (χ0v) is 14.1. The zero-order chi connectivity index (χ0) is 17.5. The van der Waals surface area contributed by atoms with Gasteiger partial charge in [-0.05, 0) is 68.0 Å². The van der Waals surface area contributed by atoms with E-state index in [1.807, 2.05) is 24.3 Å². The predicted molar refractivity (Wildman–Crippen MR) is 96.5 cm³/mol. The first kappa shape index (κ1) is 17.3. The summed E-state index contributed by atoms with van der Waals surface area (Å²) in [7, 11) is 0. The fourth-order valence-corrected chi connectivity index (χ4v) is 3.00. The Labute approximate surface area is 147 Å². The number of nitrogens with one attached hydrogen (secondary N) is 2. The first-order chi connectivity index (χ1) is 12.2. The molecule has 0 saturated heterocycles. The second-order valence-electron chi connectivity index (χ2n) is 6.27. The molecule has 132 valence electrons. The average Bonchev–Trinajstić information content (AvgIpc) is 3.11. The van der Waals surface area contributed by atoms with Crippen LogP contribution in [0.25, 0.3) is 0 Å². The third-order valence-electron chi connectivity index (χ3n) is 4.35. The summed E-state index contributed by atoms with van der Waals surface area (Å²) in [6.45, 7) is 0.371. The van der Waals surface area contributed by atoms with Crippen LogP contribution < -0.4 is 15.4 Å². The number of hydrogen-bond donors (Lipinski definition) is 2. The van der Waals surface area contributed by atoms with E-state index in [-0.39, 0.29) is 11.8 Å². The maximum atomic E-state index is 13.5. The van der Waals surface area contributed by atoms with E-state index in [0.717, 1.165) is 18.6 Å². The molecular weight excluding hydrogens is 319 g/mol. The maximum Gasteiger partial charge on any atom is 0.319 e. The van der Waals surface area contributed by atoms with Crippen LogP contribution in [0.2, 0.25) is 0 Å². The van der Waals surface area contributed by atoms with Gasteiger partial charge in [-0.15, -0.1) is 0 Å². The SMILES string of the molecule is O=C(NCCc1ccccc1F)Nc1ccc(OC2CCCC2)cc1. The third kappa shape index (κ3) is 5.21. The molecule has 0 spiro atoms. The number of urea groups is 1. The van der Waals surface area contributed by atoms with Crippen LogP contribution >= 0.6 is 0 Å². The van der Waals surface area contributed by atoms with Gasteiger partial charge in [0.15, 0.2) is 0 Å². The Morgan fingerprint density at radius 3 is 2.52 bits per heavy atom. The molecule has 0 aromatic heterocycles. The normalized spacial score (nSPS) is 14.3. The van der Waals surface area contributed by atoms with Crippen molar-refractivity contribution in [3.8, 4) is 5.75 Å². The summed E-state index contributed by atoms with van der Waals surface area (Å²) in [5.41, 5.74) is 1.29. The number of carbonyl (C=O) groups is 1. The third-order valence-corrected chi connectivity index (χ3v) is 4.35. The van der Waals surface area contributed by atoms with Crippen molar-refractivity contribution in [2.45, 2.75) is 38.2 Å². The monoisotopic (exact) mass is 342 g/mol. The molecule has 0 atom stereocenters. The Morgan fingerprint density at radius 1 is 1.08 bits per heavy atom. The van der Waals surface area contributed by atoms with Crippen molar-refractivity contribution in [2.75, 3.05) is 11.9 Å². The molecule has 2 aromatic rings. The molecule has 2 aromatic carbocycles. The molecule has 0 radical (unpaired) electrons. The van der Waals surface area contributed by atoms with E-state index in [1.54, 1.807) is 18.2 Å². The minimum absolute atomic E-state index is 0.248. The Bertz CT molecular complexity index is 697. The van der Waals surface area contributed by atoms with Gasteiger partial charge in [-0.1, -0.05) is 18.2 Å². The molecule has 2 amide bonds. The number of amides is 2. The molecule has 25 heavy (non-hydrogen) atoms. The summed E-state index contributed by atoms with van der Waals surface area (Å²) in [5, 5.41) is 5.50. The van der Waals surface area contributed by atoms with E-state index in [9.17, 15) is 9.18 Å². The summed E-state index contributed by atoms with van der Waals surface area (Å²) in [5.74, 6) is 0.583. The number of rotatable bonds is 6. The van der Waals surface area contributed by atoms with Crippen LogP contribution in [-0.4, -0.2) is 18.7 Å². The molecule has 1 fully saturated rings. The second-order valence-corrected chi connectivity index (χ2v) is 6.27. The van der Waals surface area contributed by atoms with Crippen molar-refractivity contribution in [1.29, 1.82) is 0 Å². The Hall–Kier alpha value is -2.56. The zero-order valence-electron chi connectivity index (χ0n) is 14.1. The van der Waals surface area contributed by atoms with Crippen molar-refractivity contribution in [2.24, 2.45) is 0 Å². The molecule has 0 heterocycles. The molecule has 1 aliphatic carbocycles. The fraction of sp³-hybridized carbons (Fsp3) is 0.350. The number of benzene rings is 2. The minimum Gasteiger partial charge on any atom is -0.490 e. The fourth-order valence-electron chi connectivity index (χ4n) is 3.00. The van der Waals surface area contributed by atoms with Crippen LogP contribution in [0.4, 0.5) is 14.9 Å². The van der Waals surface area contributed by atoms with Gasteiger partial charge < -0.3 is 15.4 Å². The minimum atomic E-state index is -0.305. The van der Waals surface area contributed by atoms with Crippen molar-refractivity contribution in [3.63, 3.8) is 0 Å².